The van der Waals surface area contributed by atoms with Gasteiger partial charge in [0.1, 0.15) is 0 Å². The summed E-state index contributed by atoms with van der Waals surface area (Å²) in [7, 11) is 0. The number of benzene rings is 1. The van der Waals surface area contributed by atoms with Crippen LogP contribution in [0, 0.1) is 0 Å². The van der Waals surface area contributed by atoms with Crippen LogP contribution in [0.15, 0.2) is 18.2 Å². The van der Waals surface area contributed by atoms with Crippen molar-refractivity contribution in [2.45, 2.75) is 25.6 Å². The van der Waals surface area contributed by atoms with Crippen molar-refractivity contribution in [3.8, 4) is 11.5 Å². The largest absolute Gasteiger partial charge is 0.504 e. The maximum atomic E-state index is 9.57. The van der Waals surface area contributed by atoms with Crippen LogP contribution >= 0.6 is 11.8 Å². The quantitative estimate of drug-likeness (QED) is 0.786. The molecule has 0 saturated carbocycles. The van der Waals surface area contributed by atoms with Crippen molar-refractivity contribution in [1.82, 2.24) is 5.32 Å². The van der Waals surface area contributed by atoms with Crippen LogP contribution < -0.4 is 10.1 Å². The number of nitrogens with one attached hydrogen (secondary N) is 1. The maximum absolute atomic E-state index is 9.57. The first-order chi connectivity index (χ1) is 8.17. The van der Waals surface area contributed by atoms with Gasteiger partial charge in [0, 0.05) is 18.3 Å². The van der Waals surface area contributed by atoms with Crippen LogP contribution in [-0.2, 0) is 6.54 Å². The van der Waals surface area contributed by atoms with Crippen LogP contribution in [0.25, 0.3) is 0 Å². The lowest BCUT2D eigenvalue weighted by molar-refractivity contribution is 0.317. The normalized spacial score (nSPS) is 12.4. The SMILES string of the molecule is CCOc1cc(CNCC(C)SC)ccc1O. The molecule has 0 saturated heterocycles. The monoisotopic (exact) mass is 255 g/mol. The molecule has 0 spiro atoms. The van der Waals surface area contributed by atoms with E-state index < -0.39 is 0 Å². The van der Waals surface area contributed by atoms with E-state index in [1.807, 2.05) is 30.8 Å². The van der Waals surface area contributed by atoms with Crippen molar-refractivity contribution in [2.75, 3.05) is 19.4 Å². The van der Waals surface area contributed by atoms with Crippen LogP contribution in [0.3, 0.4) is 0 Å². The summed E-state index contributed by atoms with van der Waals surface area (Å²) in [6, 6.07) is 5.48. The van der Waals surface area contributed by atoms with Gasteiger partial charge in [0.05, 0.1) is 6.61 Å². The molecule has 1 rings (SSSR count). The van der Waals surface area contributed by atoms with Crippen LogP contribution in [-0.4, -0.2) is 29.8 Å². The minimum atomic E-state index is 0.202. The summed E-state index contributed by atoms with van der Waals surface area (Å²) in [5.74, 6) is 0.762. The lowest BCUT2D eigenvalue weighted by Gasteiger charge is -2.11. The molecular weight excluding hydrogens is 234 g/mol. The molecule has 2 N–H and O–H groups in total. The maximum Gasteiger partial charge on any atom is 0.161 e. The Labute approximate surface area is 108 Å². The van der Waals surface area contributed by atoms with Crippen molar-refractivity contribution < 1.29 is 9.84 Å². The van der Waals surface area contributed by atoms with Crippen LogP contribution in [0.2, 0.25) is 0 Å². The van der Waals surface area contributed by atoms with Gasteiger partial charge in [-0.1, -0.05) is 13.0 Å². The highest BCUT2D eigenvalue weighted by Gasteiger charge is 2.04. The van der Waals surface area contributed by atoms with Gasteiger partial charge in [0.2, 0.25) is 0 Å². The summed E-state index contributed by atoms with van der Waals surface area (Å²) in [6.45, 7) is 6.44. The van der Waals surface area contributed by atoms with E-state index in [1.165, 1.54) is 0 Å². The Morgan fingerprint density at radius 1 is 1.47 bits per heavy atom. The van der Waals surface area contributed by atoms with Crippen LogP contribution in [0.4, 0.5) is 0 Å². The molecule has 3 nitrogen and oxygen atoms in total. The van der Waals surface area contributed by atoms with E-state index >= 15 is 0 Å². The molecule has 0 aliphatic carbocycles. The van der Waals surface area contributed by atoms with Crippen molar-refractivity contribution in [3.05, 3.63) is 23.8 Å². The van der Waals surface area contributed by atoms with E-state index in [2.05, 4.69) is 18.5 Å². The second kappa shape index (κ2) is 7.45. The second-order valence-electron chi connectivity index (χ2n) is 3.91. The lowest BCUT2D eigenvalue weighted by atomic mass is 10.2. The minimum absolute atomic E-state index is 0.202. The Hall–Kier alpha value is -0.870. The molecule has 0 heterocycles. The predicted octanol–water partition coefficient (Wildman–Crippen LogP) is 2.63. The number of thioether (sulfide) groups is 1. The smallest absolute Gasteiger partial charge is 0.161 e. The average molecular weight is 255 g/mol. The lowest BCUT2D eigenvalue weighted by Crippen LogP contribution is -2.22. The van der Waals surface area contributed by atoms with Crippen LogP contribution in [0.5, 0.6) is 11.5 Å². The first kappa shape index (κ1) is 14.2. The molecule has 1 aromatic carbocycles. The highest BCUT2D eigenvalue weighted by atomic mass is 32.2. The Morgan fingerprint density at radius 3 is 2.88 bits per heavy atom. The van der Waals surface area contributed by atoms with Gasteiger partial charge in [0.15, 0.2) is 11.5 Å². The van der Waals surface area contributed by atoms with Gasteiger partial charge < -0.3 is 15.2 Å². The fourth-order valence-corrected chi connectivity index (χ4v) is 1.73. The Balaban J connectivity index is 2.51. The van der Waals surface area contributed by atoms with Crippen LogP contribution in [0.1, 0.15) is 19.4 Å². The van der Waals surface area contributed by atoms with E-state index in [0.29, 0.717) is 17.6 Å². The first-order valence-electron chi connectivity index (χ1n) is 5.85. The summed E-state index contributed by atoms with van der Waals surface area (Å²) < 4.78 is 5.34. The first-order valence-corrected chi connectivity index (χ1v) is 7.14. The molecule has 4 heteroatoms. The van der Waals surface area contributed by atoms with Gasteiger partial charge in [-0.3, -0.25) is 0 Å². The topological polar surface area (TPSA) is 41.5 Å². The zero-order valence-corrected chi connectivity index (χ0v) is 11.5. The second-order valence-corrected chi connectivity index (χ2v) is 5.19. The van der Waals surface area contributed by atoms with Gasteiger partial charge in [-0.2, -0.15) is 11.8 Å². The van der Waals surface area contributed by atoms with E-state index in [1.54, 1.807) is 6.07 Å². The number of ether oxygens (including phenoxy) is 1. The van der Waals surface area contributed by atoms with Crippen molar-refractivity contribution in [3.63, 3.8) is 0 Å². The molecule has 1 aromatic rings. The minimum Gasteiger partial charge on any atom is -0.504 e. The summed E-state index contributed by atoms with van der Waals surface area (Å²) in [4.78, 5) is 0. The third-order valence-electron chi connectivity index (χ3n) is 2.49. The standard InChI is InChI=1S/C13H21NO2S/c1-4-16-13-7-11(5-6-12(13)15)9-14-8-10(2)17-3/h5-7,10,14-15H,4,8-9H2,1-3H3. The molecule has 0 aromatic heterocycles. The predicted molar refractivity (Wildman–Crippen MR) is 74.0 cm³/mol. The van der Waals surface area contributed by atoms with Gasteiger partial charge in [0.25, 0.3) is 0 Å². The van der Waals surface area contributed by atoms with Gasteiger partial charge in [-0.25, -0.2) is 0 Å². The van der Waals surface area contributed by atoms with Crippen molar-refractivity contribution in [2.24, 2.45) is 0 Å². The number of rotatable bonds is 7. The van der Waals surface area contributed by atoms with E-state index in [4.69, 9.17) is 4.74 Å². The summed E-state index contributed by atoms with van der Waals surface area (Å²) in [5, 5.41) is 13.6. The molecule has 0 fully saturated rings. The number of phenols is 1. The average Bonchev–Trinajstić information content (AvgIpc) is 2.33. The highest BCUT2D eigenvalue weighted by molar-refractivity contribution is 7.99. The zero-order valence-electron chi connectivity index (χ0n) is 10.7. The third-order valence-corrected chi connectivity index (χ3v) is 3.46. The van der Waals surface area contributed by atoms with E-state index in [0.717, 1.165) is 18.7 Å². The Bertz CT molecular complexity index is 344. The summed E-state index contributed by atoms with van der Waals surface area (Å²) in [5.41, 5.74) is 1.12. The fraction of sp³-hybridized carbons (Fsp3) is 0.538. The van der Waals surface area contributed by atoms with Crippen molar-refractivity contribution in [1.29, 1.82) is 0 Å². The fourth-order valence-electron chi connectivity index (χ4n) is 1.44. The number of aromatic hydroxyl groups is 1. The molecule has 1 atom stereocenters. The van der Waals surface area contributed by atoms with E-state index in [9.17, 15) is 5.11 Å². The van der Waals surface area contributed by atoms with Gasteiger partial charge in [-0.15, -0.1) is 0 Å². The third kappa shape index (κ3) is 4.88. The number of hydrogen-bond acceptors (Lipinski definition) is 4. The van der Waals surface area contributed by atoms with Gasteiger partial charge in [-0.05, 0) is 30.9 Å². The Kier molecular flexibility index (Phi) is 6.22. The van der Waals surface area contributed by atoms with Gasteiger partial charge >= 0.3 is 0 Å². The Morgan fingerprint density at radius 2 is 2.24 bits per heavy atom. The number of hydrogen-bond donors (Lipinski definition) is 2. The molecule has 96 valence electrons. The molecule has 17 heavy (non-hydrogen) atoms. The highest BCUT2D eigenvalue weighted by Crippen LogP contribution is 2.26. The molecule has 0 aliphatic rings. The van der Waals surface area contributed by atoms with Crippen molar-refractivity contribution >= 4 is 11.8 Å². The molecular formula is C13H21NO2S. The molecule has 0 amide bonds. The number of phenolic OH excluding ortho intramolecular Hbond substituents is 1. The molecule has 0 aliphatic heterocycles. The zero-order chi connectivity index (χ0) is 12.7. The molecule has 0 radical (unpaired) electrons. The van der Waals surface area contributed by atoms with E-state index in [-0.39, 0.29) is 5.75 Å². The summed E-state index contributed by atoms with van der Waals surface area (Å²) in [6.07, 6.45) is 2.11. The molecule has 1 unspecified atom stereocenters. The molecule has 0 bridgehead atoms. The summed E-state index contributed by atoms with van der Waals surface area (Å²) >= 11 is 1.85.